The number of rotatable bonds is 7. The van der Waals surface area contributed by atoms with Gasteiger partial charge in [0, 0.05) is 49.9 Å². The van der Waals surface area contributed by atoms with Crippen LogP contribution in [-0.2, 0) is 10.5 Å². The van der Waals surface area contributed by atoms with E-state index in [4.69, 9.17) is 4.52 Å². The molecule has 1 aliphatic rings. The summed E-state index contributed by atoms with van der Waals surface area (Å²) in [5.74, 6) is 1.25. The average Bonchev–Trinajstić information content (AvgIpc) is 3.24. The van der Waals surface area contributed by atoms with Gasteiger partial charge in [-0.2, -0.15) is 0 Å². The molecule has 2 aromatic heterocycles. The second-order valence-corrected chi connectivity index (χ2v) is 9.02. The van der Waals surface area contributed by atoms with Gasteiger partial charge in [-0.1, -0.05) is 34.6 Å². The number of anilines is 1. The van der Waals surface area contributed by atoms with E-state index in [9.17, 15) is 9.59 Å². The van der Waals surface area contributed by atoms with Gasteiger partial charge in [0.05, 0.1) is 17.8 Å². The van der Waals surface area contributed by atoms with Gasteiger partial charge in [0.2, 0.25) is 5.91 Å². The molecule has 0 unspecified atom stereocenters. The topological polar surface area (TPSA) is 91.6 Å². The molecule has 0 aliphatic carbocycles. The summed E-state index contributed by atoms with van der Waals surface area (Å²) in [7, 11) is 0. The Morgan fingerprint density at radius 3 is 2.55 bits per heavy atom. The first kappa shape index (κ1) is 23.0. The lowest BCUT2D eigenvalue weighted by molar-refractivity contribution is -0.117. The van der Waals surface area contributed by atoms with E-state index >= 15 is 0 Å². The number of carbonyl (C=O) groups excluding carboxylic acids is 2. The number of carbonyl (C=O) groups is 2. The molecule has 2 amide bonds. The molecule has 9 heteroatoms. The molecule has 0 saturated carbocycles. The third kappa shape index (κ3) is 6.21. The number of pyridine rings is 1. The van der Waals surface area contributed by atoms with Crippen LogP contribution in [0.4, 0.5) is 5.69 Å². The van der Waals surface area contributed by atoms with Crippen LogP contribution < -0.4 is 5.32 Å². The Morgan fingerprint density at radius 2 is 1.85 bits per heavy atom. The van der Waals surface area contributed by atoms with E-state index in [1.165, 1.54) is 11.8 Å². The Morgan fingerprint density at radius 1 is 1.09 bits per heavy atom. The van der Waals surface area contributed by atoms with Crippen LogP contribution >= 0.6 is 11.8 Å². The van der Waals surface area contributed by atoms with E-state index in [0.29, 0.717) is 49.1 Å². The van der Waals surface area contributed by atoms with E-state index in [2.05, 4.69) is 20.4 Å². The van der Waals surface area contributed by atoms with Gasteiger partial charge in [0.1, 0.15) is 10.8 Å². The third-order valence-electron chi connectivity index (χ3n) is 5.40. The summed E-state index contributed by atoms with van der Waals surface area (Å²) in [6, 6.07) is 13.2. The maximum atomic E-state index is 13.2. The first-order chi connectivity index (χ1) is 16.0. The Hall–Kier alpha value is -3.17. The molecular weight excluding hydrogens is 438 g/mol. The van der Waals surface area contributed by atoms with E-state index in [1.807, 2.05) is 55.1 Å². The molecule has 4 rings (SSSR count). The predicted molar refractivity (Wildman–Crippen MR) is 127 cm³/mol. The van der Waals surface area contributed by atoms with Crippen LogP contribution in [0.15, 0.2) is 58.2 Å². The number of piperazine rings is 1. The monoisotopic (exact) mass is 465 g/mol. The van der Waals surface area contributed by atoms with Crippen molar-refractivity contribution < 1.29 is 14.1 Å². The zero-order valence-electron chi connectivity index (χ0n) is 18.8. The van der Waals surface area contributed by atoms with Crippen LogP contribution in [0.3, 0.4) is 0 Å². The minimum Gasteiger partial charge on any atom is -0.361 e. The van der Waals surface area contributed by atoms with Gasteiger partial charge in [-0.25, -0.2) is 4.98 Å². The van der Waals surface area contributed by atoms with Crippen LogP contribution in [0.1, 0.15) is 27.4 Å². The van der Waals surface area contributed by atoms with Crippen LogP contribution in [0.5, 0.6) is 0 Å². The van der Waals surface area contributed by atoms with Gasteiger partial charge in [-0.05, 0) is 38.1 Å². The number of aryl methyl sites for hydroxylation is 2. The van der Waals surface area contributed by atoms with Crippen molar-refractivity contribution in [3.8, 4) is 0 Å². The molecule has 1 fully saturated rings. The lowest BCUT2D eigenvalue weighted by Crippen LogP contribution is -2.50. The number of nitrogens with one attached hydrogen (secondary N) is 1. The Kier molecular flexibility index (Phi) is 7.41. The fourth-order valence-electron chi connectivity index (χ4n) is 3.62. The number of aromatic nitrogens is 2. The number of thioether (sulfide) groups is 1. The molecule has 0 atom stereocenters. The normalized spacial score (nSPS) is 14.3. The number of hydrogen-bond acceptors (Lipinski definition) is 7. The van der Waals surface area contributed by atoms with Crippen molar-refractivity contribution in [3.05, 3.63) is 71.2 Å². The minimum atomic E-state index is -0.0485. The molecule has 1 aliphatic heterocycles. The average molecular weight is 466 g/mol. The van der Waals surface area contributed by atoms with Crippen LogP contribution in [0.2, 0.25) is 0 Å². The summed E-state index contributed by atoms with van der Waals surface area (Å²) >= 11 is 1.47. The van der Waals surface area contributed by atoms with Crippen molar-refractivity contribution >= 4 is 29.3 Å². The number of nitrogens with zero attached hydrogens (tertiary/aromatic N) is 4. The van der Waals surface area contributed by atoms with Gasteiger partial charge in [0.25, 0.3) is 5.91 Å². The predicted octanol–water partition coefficient (Wildman–Crippen LogP) is 3.38. The van der Waals surface area contributed by atoms with E-state index < -0.39 is 0 Å². The second kappa shape index (κ2) is 10.6. The maximum Gasteiger partial charge on any atom is 0.256 e. The highest BCUT2D eigenvalue weighted by Gasteiger charge is 2.25. The molecule has 0 spiro atoms. The molecule has 3 heterocycles. The van der Waals surface area contributed by atoms with Gasteiger partial charge in [0.15, 0.2) is 0 Å². The van der Waals surface area contributed by atoms with Gasteiger partial charge < -0.3 is 14.7 Å². The molecule has 0 radical (unpaired) electrons. The molecule has 0 bridgehead atoms. The number of benzene rings is 1. The summed E-state index contributed by atoms with van der Waals surface area (Å²) in [4.78, 5) is 33.9. The molecule has 1 aromatic carbocycles. The number of hydrogen-bond donors (Lipinski definition) is 1. The fraction of sp³-hybridized carbons (Fsp3) is 0.333. The maximum absolute atomic E-state index is 13.2. The molecule has 33 heavy (non-hydrogen) atoms. The van der Waals surface area contributed by atoms with Crippen LogP contribution in [0.25, 0.3) is 0 Å². The molecule has 8 nitrogen and oxygen atoms in total. The third-order valence-corrected chi connectivity index (χ3v) is 6.44. The smallest absolute Gasteiger partial charge is 0.256 e. The van der Waals surface area contributed by atoms with E-state index in [-0.39, 0.29) is 11.8 Å². The second-order valence-electron chi connectivity index (χ2n) is 8.06. The summed E-state index contributed by atoms with van der Waals surface area (Å²) in [6.45, 7) is 6.60. The molecule has 172 valence electrons. The Bertz CT molecular complexity index is 1110. The first-order valence-corrected chi connectivity index (χ1v) is 11.8. The highest BCUT2D eigenvalue weighted by molar-refractivity contribution is 7.98. The molecule has 1 saturated heterocycles. The summed E-state index contributed by atoms with van der Waals surface area (Å²) in [6.07, 6.45) is 1.69. The Balaban J connectivity index is 1.29. The largest absolute Gasteiger partial charge is 0.361 e. The lowest BCUT2D eigenvalue weighted by atomic mass is 10.2. The zero-order chi connectivity index (χ0) is 23.2. The Labute approximate surface area is 197 Å². The SMILES string of the molecule is Cc1ccc(NC(=O)CN2CCN(C(=O)c3cccnc3SCc3cc(C)on3)CC2)cc1. The minimum absolute atomic E-state index is 0.0364. The van der Waals surface area contributed by atoms with Crippen molar-refractivity contribution in [2.45, 2.75) is 24.6 Å². The van der Waals surface area contributed by atoms with Gasteiger partial charge in [-0.15, -0.1) is 0 Å². The van der Waals surface area contributed by atoms with Crippen molar-refractivity contribution in [1.29, 1.82) is 0 Å². The van der Waals surface area contributed by atoms with Gasteiger partial charge in [-0.3, -0.25) is 14.5 Å². The highest BCUT2D eigenvalue weighted by Crippen LogP contribution is 2.25. The number of amides is 2. The lowest BCUT2D eigenvalue weighted by Gasteiger charge is -2.34. The van der Waals surface area contributed by atoms with Crippen LogP contribution in [0, 0.1) is 13.8 Å². The first-order valence-electron chi connectivity index (χ1n) is 10.9. The quantitative estimate of drug-likeness (QED) is 0.535. The van der Waals surface area contributed by atoms with Crippen molar-refractivity contribution in [2.24, 2.45) is 0 Å². The van der Waals surface area contributed by atoms with Gasteiger partial charge >= 0.3 is 0 Å². The van der Waals surface area contributed by atoms with Crippen molar-refractivity contribution in [2.75, 3.05) is 38.0 Å². The van der Waals surface area contributed by atoms with Crippen molar-refractivity contribution in [1.82, 2.24) is 19.9 Å². The molecule has 3 aromatic rings. The van der Waals surface area contributed by atoms with Crippen molar-refractivity contribution in [3.63, 3.8) is 0 Å². The fourth-order valence-corrected chi connectivity index (χ4v) is 4.48. The zero-order valence-corrected chi connectivity index (χ0v) is 19.6. The van der Waals surface area contributed by atoms with E-state index in [0.717, 1.165) is 22.7 Å². The summed E-state index contributed by atoms with van der Waals surface area (Å²) in [5, 5.41) is 7.61. The molecular formula is C24H27N5O3S. The van der Waals surface area contributed by atoms with Crippen LogP contribution in [-0.4, -0.2) is 64.5 Å². The highest BCUT2D eigenvalue weighted by atomic mass is 32.2. The summed E-state index contributed by atoms with van der Waals surface area (Å²) in [5.41, 5.74) is 3.35. The van der Waals surface area contributed by atoms with E-state index in [1.54, 1.807) is 12.3 Å². The standard InChI is InChI=1S/C24H27N5O3S/c1-17-5-7-19(8-6-17)26-22(30)15-28-10-12-29(13-11-28)24(31)21-4-3-9-25-23(21)33-16-20-14-18(2)32-27-20/h3-9,14H,10-13,15-16H2,1-2H3,(H,26,30). The summed E-state index contributed by atoms with van der Waals surface area (Å²) < 4.78 is 5.11. The molecule has 1 N–H and O–H groups in total.